The van der Waals surface area contributed by atoms with E-state index in [4.69, 9.17) is 16.6 Å². The maximum atomic E-state index is 13.0. The SMILES string of the molecule is Cc1cc(N2CCN(C(=O)CN3CCSCC3)CC2)cc2[nH]c(-c3c(NC[C@@H](O)c4cccc(Cl)c4)cc[nH]c3=O)nc12. The Hall–Kier alpha value is -3.51. The molecule has 0 spiro atoms. The van der Waals surface area contributed by atoms with Crippen molar-refractivity contribution in [2.75, 3.05) is 74.1 Å². The van der Waals surface area contributed by atoms with Gasteiger partial charge in [0.2, 0.25) is 5.91 Å². The van der Waals surface area contributed by atoms with Gasteiger partial charge in [-0.1, -0.05) is 23.7 Å². The molecule has 12 heteroatoms. The van der Waals surface area contributed by atoms with Crippen LogP contribution in [0, 0.1) is 6.92 Å². The number of thioether (sulfide) groups is 1. The average Bonchev–Trinajstić information content (AvgIpc) is 3.45. The van der Waals surface area contributed by atoms with Gasteiger partial charge in [-0.05, 0) is 48.4 Å². The maximum absolute atomic E-state index is 13.0. The molecule has 226 valence electrons. The first kappa shape index (κ1) is 29.6. The number of nitrogens with one attached hydrogen (secondary N) is 3. The monoisotopic (exact) mass is 621 g/mol. The lowest BCUT2D eigenvalue weighted by molar-refractivity contribution is -0.132. The Kier molecular flexibility index (Phi) is 8.94. The van der Waals surface area contributed by atoms with E-state index in [1.165, 1.54) is 0 Å². The molecule has 2 aromatic carbocycles. The van der Waals surface area contributed by atoms with E-state index in [-0.39, 0.29) is 18.0 Å². The minimum absolute atomic E-state index is 0.186. The molecule has 4 aromatic rings. The molecule has 6 rings (SSSR count). The number of aromatic nitrogens is 3. The lowest BCUT2D eigenvalue weighted by Gasteiger charge is -2.37. The van der Waals surface area contributed by atoms with E-state index in [1.54, 1.807) is 30.5 Å². The molecular weight excluding hydrogens is 586 g/mol. The summed E-state index contributed by atoms with van der Waals surface area (Å²) in [5.74, 6) is 2.86. The lowest BCUT2D eigenvalue weighted by atomic mass is 10.1. The van der Waals surface area contributed by atoms with Gasteiger partial charge in [-0.25, -0.2) is 4.98 Å². The van der Waals surface area contributed by atoms with Crippen molar-refractivity contribution >= 4 is 51.7 Å². The summed E-state index contributed by atoms with van der Waals surface area (Å²) in [5.41, 5.74) is 5.01. The fourth-order valence-corrected chi connectivity index (χ4v) is 6.91. The molecule has 2 aliphatic rings. The van der Waals surface area contributed by atoms with Crippen LogP contribution < -0.4 is 15.8 Å². The molecule has 1 atom stereocenters. The number of hydrogen-bond acceptors (Lipinski definition) is 8. The van der Waals surface area contributed by atoms with Gasteiger partial charge in [0, 0.05) is 74.2 Å². The minimum atomic E-state index is -0.814. The number of hydrogen-bond donors (Lipinski definition) is 4. The summed E-state index contributed by atoms with van der Waals surface area (Å²) in [6.45, 7) is 7.60. The van der Waals surface area contributed by atoms with Crippen LogP contribution in [0.4, 0.5) is 11.4 Å². The zero-order chi connectivity index (χ0) is 29.9. The van der Waals surface area contributed by atoms with Crippen molar-refractivity contribution in [3.63, 3.8) is 0 Å². The first-order valence-electron chi connectivity index (χ1n) is 14.6. The Balaban J connectivity index is 1.17. The predicted molar refractivity (Wildman–Crippen MR) is 174 cm³/mol. The highest BCUT2D eigenvalue weighted by Gasteiger charge is 2.25. The summed E-state index contributed by atoms with van der Waals surface area (Å²) in [4.78, 5) is 43.4. The van der Waals surface area contributed by atoms with Gasteiger partial charge in [0.25, 0.3) is 5.56 Å². The van der Waals surface area contributed by atoms with Gasteiger partial charge in [0.05, 0.1) is 29.4 Å². The molecular formula is C31H36ClN7O3S. The highest BCUT2D eigenvalue weighted by atomic mass is 35.5. The molecule has 4 N–H and O–H groups in total. The van der Waals surface area contributed by atoms with Crippen molar-refractivity contribution in [1.29, 1.82) is 0 Å². The normalized spacial score (nSPS) is 16.9. The maximum Gasteiger partial charge on any atom is 0.261 e. The molecule has 1 amide bonds. The molecule has 0 saturated carbocycles. The van der Waals surface area contributed by atoms with Crippen LogP contribution in [0.15, 0.2) is 53.5 Å². The number of aromatic amines is 2. The molecule has 0 radical (unpaired) electrons. The standard InChI is InChI=1S/C31H36ClN7O3S/c1-20-15-23(38-7-9-39(10-8-38)27(41)19-37-11-13-43-14-12-37)17-25-29(20)36-30(35-25)28-24(5-6-33-31(28)42)34-18-26(40)21-3-2-4-22(32)16-21/h2-6,15-17,26,40H,7-14,18-19H2,1H3,(H,35,36)(H2,33,34,42)/t26-/m1/s1. The van der Waals surface area contributed by atoms with Crippen LogP contribution in [-0.4, -0.2) is 99.6 Å². The quantitative estimate of drug-likeness (QED) is 0.235. The number of aliphatic hydroxyl groups excluding tert-OH is 1. The van der Waals surface area contributed by atoms with E-state index in [2.05, 4.69) is 37.2 Å². The number of pyridine rings is 1. The van der Waals surface area contributed by atoms with Crippen LogP contribution in [-0.2, 0) is 4.79 Å². The van der Waals surface area contributed by atoms with E-state index in [1.807, 2.05) is 29.7 Å². The molecule has 0 aliphatic carbocycles. The molecule has 0 bridgehead atoms. The first-order chi connectivity index (χ1) is 20.9. The number of carbonyl (C=O) groups is 1. The third-order valence-electron chi connectivity index (χ3n) is 8.14. The van der Waals surface area contributed by atoms with Gasteiger partial charge in [0.15, 0.2) is 0 Å². The molecule has 2 fully saturated rings. The largest absolute Gasteiger partial charge is 0.387 e. The number of amides is 1. The topological polar surface area (TPSA) is 121 Å². The number of aliphatic hydroxyl groups is 1. The van der Waals surface area contributed by atoms with Gasteiger partial charge >= 0.3 is 0 Å². The highest BCUT2D eigenvalue weighted by molar-refractivity contribution is 7.99. The van der Waals surface area contributed by atoms with Crippen LogP contribution in [0.25, 0.3) is 22.4 Å². The molecule has 10 nitrogen and oxygen atoms in total. The fraction of sp³-hybridized carbons (Fsp3) is 0.387. The van der Waals surface area contributed by atoms with Crippen molar-refractivity contribution < 1.29 is 9.90 Å². The second kappa shape index (κ2) is 13.0. The number of aryl methyl sites for hydroxylation is 1. The van der Waals surface area contributed by atoms with Crippen LogP contribution in [0.2, 0.25) is 5.02 Å². The third-order valence-corrected chi connectivity index (χ3v) is 9.32. The number of halogens is 1. The summed E-state index contributed by atoms with van der Waals surface area (Å²) >= 11 is 8.04. The minimum Gasteiger partial charge on any atom is -0.387 e. The predicted octanol–water partition coefficient (Wildman–Crippen LogP) is 3.72. The van der Waals surface area contributed by atoms with Crippen molar-refractivity contribution in [2.45, 2.75) is 13.0 Å². The van der Waals surface area contributed by atoms with E-state index in [0.29, 0.717) is 47.3 Å². The summed E-state index contributed by atoms with van der Waals surface area (Å²) in [6, 6.07) is 13.0. The van der Waals surface area contributed by atoms with Gasteiger partial charge in [0.1, 0.15) is 11.4 Å². The molecule has 2 aliphatic heterocycles. The lowest BCUT2D eigenvalue weighted by Crippen LogP contribution is -2.52. The van der Waals surface area contributed by atoms with Crippen LogP contribution in [0.3, 0.4) is 0 Å². The van der Waals surface area contributed by atoms with Gasteiger partial charge in [-0.3, -0.25) is 14.5 Å². The van der Waals surface area contributed by atoms with Gasteiger partial charge < -0.3 is 30.2 Å². The molecule has 2 saturated heterocycles. The fourth-order valence-electron chi connectivity index (χ4n) is 5.74. The molecule has 43 heavy (non-hydrogen) atoms. The van der Waals surface area contributed by atoms with Gasteiger partial charge in [-0.15, -0.1) is 0 Å². The highest BCUT2D eigenvalue weighted by Crippen LogP contribution is 2.30. The van der Waals surface area contributed by atoms with E-state index >= 15 is 0 Å². The average molecular weight is 622 g/mol. The number of carbonyl (C=O) groups excluding carboxylic acids is 1. The van der Waals surface area contributed by atoms with Crippen LogP contribution >= 0.6 is 23.4 Å². The Morgan fingerprint density at radius 1 is 1.12 bits per heavy atom. The smallest absolute Gasteiger partial charge is 0.261 e. The van der Waals surface area contributed by atoms with Crippen molar-refractivity contribution in [1.82, 2.24) is 24.8 Å². The summed E-state index contributed by atoms with van der Waals surface area (Å²) < 4.78 is 0. The second-order valence-electron chi connectivity index (χ2n) is 11.0. The molecule has 2 aromatic heterocycles. The van der Waals surface area contributed by atoms with E-state index in [9.17, 15) is 14.7 Å². The molecule has 0 unspecified atom stereocenters. The number of anilines is 2. The molecule has 4 heterocycles. The zero-order valence-corrected chi connectivity index (χ0v) is 25.7. The van der Waals surface area contributed by atoms with E-state index in [0.717, 1.165) is 60.0 Å². The first-order valence-corrected chi connectivity index (χ1v) is 16.1. The zero-order valence-electron chi connectivity index (χ0n) is 24.1. The Bertz CT molecular complexity index is 1660. The van der Waals surface area contributed by atoms with Crippen molar-refractivity contribution in [3.8, 4) is 11.4 Å². The number of rotatable bonds is 8. The Morgan fingerprint density at radius 3 is 2.67 bits per heavy atom. The van der Waals surface area contributed by atoms with Crippen LogP contribution in [0.5, 0.6) is 0 Å². The second-order valence-corrected chi connectivity index (χ2v) is 12.7. The number of H-pyrrole nitrogens is 2. The van der Waals surface area contributed by atoms with Gasteiger partial charge in [-0.2, -0.15) is 11.8 Å². The third kappa shape index (κ3) is 6.70. The van der Waals surface area contributed by atoms with E-state index < -0.39 is 6.10 Å². The number of benzene rings is 2. The van der Waals surface area contributed by atoms with Crippen LogP contribution in [0.1, 0.15) is 17.2 Å². The number of nitrogens with zero attached hydrogens (tertiary/aromatic N) is 4. The Morgan fingerprint density at radius 2 is 1.91 bits per heavy atom. The number of piperazine rings is 1. The van der Waals surface area contributed by atoms with Crippen molar-refractivity contribution in [2.24, 2.45) is 0 Å². The summed E-state index contributed by atoms with van der Waals surface area (Å²) in [5, 5.41) is 14.5. The number of imidazole rings is 1. The number of fused-ring (bicyclic) bond motifs is 1. The Labute approximate surface area is 259 Å². The summed E-state index contributed by atoms with van der Waals surface area (Å²) in [7, 11) is 0. The summed E-state index contributed by atoms with van der Waals surface area (Å²) in [6.07, 6.45) is 0.757. The van der Waals surface area contributed by atoms with Crippen molar-refractivity contribution in [3.05, 3.63) is 75.2 Å².